The highest BCUT2D eigenvalue weighted by Crippen LogP contribution is 2.02. The lowest BCUT2D eigenvalue weighted by Crippen LogP contribution is -2.41. The number of nitrogens with zero attached hydrogens (tertiary/aromatic N) is 3. The first-order chi connectivity index (χ1) is 11.0. The average Bonchev–Trinajstić information content (AvgIpc) is 2.95. The van der Waals surface area contributed by atoms with E-state index in [0.29, 0.717) is 6.54 Å². The molecule has 0 saturated heterocycles. The maximum absolute atomic E-state index is 11.5. The first kappa shape index (κ1) is 16.4. The number of hydrazone groups is 1. The van der Waals surface area contributed by atoms with Crippen LogP contribution in [0.2, 0.25) is 0 Å². The topological polar surface area (TPSA) is 88.4 Å². The molecule has 2 rings (SSSR count). The second-order valence-electron chi connectivity index (χ2n) is 5.28. The van der Waals surface area contributed by atoms with Crippen molar-refractivity contribution in [2.24, 2.45) is 5.10 Å². The van der Waals surface area contributed by atoms with Crippen LogP contribution in [-0.2, 0) is 16.1 Å². The predicted octanol–water partition coefficient (Wildman–Crippen LogP) is 0.906. The zero-order valence-corrected chi connectivity index (χ0v) is 13.1. The SMILES string of the molecule is CC(C)NC(=O)C(=O)N/N=C\c1cnn(Cc2ccccc2)c1. The van der Waals surface area contributed by atoms with Crippen molar-refractivity contribution in [3.05, 3.63) is 53.9 Å². The molecule has 0 atom stereocenters. The third-order valence-corrected chi connectivity index (χ3v) is 2.85. The summed E-state index contributed by atoms with van der Waals surface area (Å²) >= 11 is 0. The van der Waals surface area contributed by atoms with Gasteiger partial charge in [-0.2, -0.15) is 10.2 Å². The molecule has 0 aliphatic rings. The normalized spacial score (nSPS) is 10.9. The molecule has 0 bridgehead atoms. The van der Waals surface area contributed by atoms with E-state index in [4.69, 9.17) is 0 Å². The molecule has 0 spiro atoms. The molecule has 1 aromatic carbocycles. The summed E-state index contributed by atoms with van der Waals surface area (Å²) in [6.45, 7) is 4.20. The lowest BCUT2D eigenvalue weighted by atomic mass is 10.2. The molecule has 1 heterocycles. The molecule has 7 heteroatoms. The van der Waals surface area contributed by atoms with Crippen molar-refractivity contribution < 1.29 is 9.59 Å². The molecular weight excluding hydrogens is 294 g/mol. The second-order valence-corrected chi connectivity index (χ2v) is 5.28. The minimum atomic E-state index is -0.799. The fraction of sp³-hybridized carbons (Fsp3) is 0.250. The van der Waals surface area contributed by atoms with E-state index in [1.165, 1.54) is 6.21 Å². The molecule has 0 aliphatic heterocycles. The minimum absolute atomic E-state index is 0.103. The molecule has 2 aromatic rings. The van der Waals surface area contributed by atoms with Gasteiger partial charge >= 0.3 is 11.8 Å². The van der Waals surface area contributed by atoms with E-state index < -0.39 is 11.8 Å². The third-order valence-electron chi connectivity index (χ3n) is 2.85. The van der Waals surface area contributed by atoms with E-state index in [1.54, 1.807) is 30.9 Å². The fourth-order valence-electron chi connectivity index (χ4n) is 1.85. The largest absolute Gasteiger partial charge is 0.346 e. The smallest absolute Gasteiger partial charge is 0.329 e. The number of hydrogen-bond acceptors (Lipinski definition) is 4. The van der Waals surface area contributed by atoms with Gasteiger partial charge in [-0.3, -0.25) is 14.3 Å². The zero-order valence-electron chi connectivity index (χ0n) is 13.1. The molecule has 7 nitrogen and oxygen atoms in total. The van der Waals surface area contributed by atoms with Gasteiger partial charge in [-0.25, -0.2) is 5.43 Å². The number of carbonyl (C=O) groups is 2. The van der Waals surface area contributed by atoms with Crippen molar-refractivity contribution in [3.63, 3.8) is 0 Å². The Hall–Kier alpha value is -2.96. The van der Waals surface area contributed by atoms with Crippen molar-refractivity contribution in [2.75, 3.05) is 0 Å². The van der Waals surface area contributed by atoms with Crippen molar-refractivity contribution in [3.8, 4) is 0 Å². The van der Waals surface area contributed by atoms with Crippen LogP contribution in [0.25, 0.3) is 0 Å². The molecule has 2 N–H and O–H groups in total. The average molecular weight is 313 g/mol. The van der Waals surface area contributed by atoms with Gasteiger partial charge in [0.2, 0.25) is 0 Å². The van der Waals surface area contributed by atoms with E-state index in [-0.39, 0.29) is 6.04 Å². The molecule has 23 heavy (non-hydrogen) atoms. The summed E-state index contributed by atoms with van der Waals surface area (Å²) < 4.78 is 1.77. The second kappa shape index (κ2) is 7.88. The maximum atomic E-state index is 11.5. The van der Waals surface area contributed by atoms with Gasteiger partial charge in [-0.05, 0) is 19.4 Å². The Bertz CT molecular complexity index is 692. The van der Waals surface area contributed by atoms with Crippen molar-refractivity contribution in [1.82, 2.24) is 20.5 Å². The highest BCUT2D eigenvalue weighted by molar-refractivity contribution is 6.35. The number of benzene rings is 1. The predicted molar refractivity (Wildman–Crippen MR) is 86.8 cm³/mol. The van der Waals surface area contributed by atoms with Gasteiger partial charge in [-0.1, -0.05) is 30.3 Å². The highest BCUT2D eigenvalue weighted by Gasteiger charge is 2.12. The molecular formula is C16H19N5O2. The Kier molecular flexibility index (Phi) is 5.62. The summed E-state index contributed by atoms with van der Waals surface area (Å²) in [7, 11) is 0. The molecule has 1 aromatic heterocycles. The summed E-state index contributed by atoms with van der Waals surface area (Å²) in [5.41, 5.74) is 4.04. The molecule has 0 saturated carbocycles. The molecule has 2 amide bonds. The van der Waals surface area contributed by atoms with Gasteiger partial charge in [0.1, 0.15) is 0 Å². The van der Waals surface area contributed by atoms with Crippen LogP contribution in [0.4, 0.5) is 0 Å². The minimum Gasteiger partial charge on any atom is -0.346 e. The Balaban J connectivity index is 1.86. The number of nitrogens with one attached hydrogen (secondary N) is 2. The number of amides is 2. The van der Waals surface area contributed by atoms with Crippen LogP contribution in [0.15, 0.2) is 47.8 Å². The highest BCUT2D eigenvalue weighted by atomic mass is 16.2. The summed E-state index contributed by atoms with van der Waals surface area (Å²) in [4.78, 5) is 22.8. The molecule has 0 fully saturated rings. The third kappa shape index (κ3) is 5.39. The van der Waals surface area contributed by atoms with Gasteiger partial charge in [0.15, 0.2) is 0 Å². The van der Waals surface area contributed by atoms with Crippen LogP contribution in [-0.4, -0.2) is 33.9 Å². The molecule has 120 valence electrons. The number of rotatable bonds is 5. The first-order valence-corrected chi connectivity index (χ1v) is 7.25. The van der Waals surface area contributed by atoms with Crippen LogP contribution in [0.3, 0.4) is 0 Å². The van der Waals surface area contributed by atoms with Gasteiger partial charge in [0.25, 0.3) is 0 Å². The standard InChI is InChI=1S/C16H19N5O2/c1-12(2)19-15(22)16(23)20-17-8-14-9-18-21(11-14)10-13-6-4-3-5-7-13/h3-9,11-12H,10H2,1-2H3,(H,19,22)(H,20,23)/b17-8-. The van der Waals surface area contributed by atoms with Crippen molar-refractivity contribution in [1.29, 1.82) is 0 Å². The Morgan fingerprint density at radius 3 is 2.70 bits per heavy atom. The Morgan fingerprint density at radius 1 is 1.26 bits per heavy atom. The van der Waals surface area contributed by atoms with Gasteiger partial charge in [-0.15, -0.1) is 0 Å². The Labute approximate surface area is 134 Å². The first-order valence-electron chi connectivity index (χ1n) is 7.25. The van der Waals surface area contributed by atoms with E-state index in [0.717, 1.165) is 11.1 Å². The summed E-state index contributed by atoms with van der Waals surface area (Å²) in [6, 6.07) is 9.83. The summed E-state index contributed by atoms with van der Waals surface area (Å²) in [6.07, 6.45) is 4.87. The summed E-state index contributed by atoms with van der Waals surface area (Å²) in [5.74, 6) is -1.51. The zero-order chi connectivity index (χ0) is 16.7. The Morgan fingerprint density at radius 2 is 2.00 bits per heavy atom. The fourth-order valence-corrected chi connectivity index (χ4v) is 1.85. The van der Waals surface area contributed by atoms with Crippen LogP contribution in [0, 0.1) is 0 Å². The van der Waals surface area contributed by atoms with Crippen molar-refractivity contribution in [2.45, 2.75) is 26.4 Å². The lowest BCUT2D eigenvalue weighted by Gasteiger charge is -2.05. The van der Waals surface area contributed by atoms with Gasteiger partial charge < -0.3 is 5.32 Å². The van der Waals surface area contributed by atoms with Crippen LogP contribution < -0.4 is 10.7 Å². The molecule has 0 aliphatic carbocycles. The number of aromatic nitrogens is 2. The van der Waals surface area contributed by atoms with Gasteiger partial charge in [0, 0.05) is 17.8 Å². The van der Waals surface area contributed by atoms with Crippen LogP contribution in [0.5, 0.6) is 0 Å². The number of hydrogen-bond donors (Lipinski definition) is 2. The van der Waals surface area contributed by atoms with Crippen LogP contribution in [0.1, 0.15) is 25.0 Å². The lowest BCUT2D eigenvalue weighted by molar-refractivity contribution is -0.139. The van der Waals surface area contributed by atoms with Crippen molar-refractivity contribution >= 4 is 18.0 Å². The van der Waals surface area contributed by atoms with E-state index >= 15 is 0 Å². The van der Waals surface area contributed by atoms with E-state index in [2.05, 4.69) is 20.9 Å². The van der Waals surface area contributed by atoms with Gasteiger partial charge in [0.05, 0.1) is 19.0 Å². The summed E-state index contributed by atoms with van der Waals surface area (Å²) in [5, 5.41) is 10.4. The molecule has 0 radical (unpaired) electrons. The molecule has 0 unspecified atom stereocenters. The maximum Gasteiger partial charge on any atom is 0.329 e. The van der Waals surface area contributed by atoms with Crippen LogP contribution >= 0.6 is 0 Å². The quantitative estimate of drug-likeness (QED) is 0.488. The van der Waals surface area contributed by atoms with E-state index in [9.17, 15) is 9.59 Å². The number of carbonyl (C=O) groups excluding carboxylic acids is 2. The van der Waals surface area contributed by atoms with E-state index in [1.807, 2.05) is 30.3 Å². The monoisotopic (exact) mass is 313 g/mol.